The Hall–Kier alpha value is -0.710. The number of esters is 1. The van der Waals surface area contributed by atoms with Crippen LogP contribution in [0.15, 0.2) is 29.2 Å². The molecule has 3 nitrogen and oxygen atoms in total. The molecule has 1 aliphatic rings. The van der Waals surface area contributed by atoms with Crippen LogP contribution in [-0.4, -0.2) is 30.9 Å². The second-order valence-corrected chi connectivity index (χ2v) is 6.92. The van der Waals surface area contributed by atoms with Crippen LogP contribution >= 0.6 is 23.4 Å². The lowest BCUT2D eigenvalue weighted by Crippen LogP contribution is -2.54. The van der Waals surface area contributed by atoms with Crippen LogP contribution in [0.1, 0.15) is 25.7 Å². The lowest BCUT2D eigenvalue weighted by molar-refractivity contribution is -0.149. The van der Waals surface area contributed by atoms with Gasteiger partial charge in [0.25, 0.3) is 0 Å². The zero-order valence-corrected chi connectivity index (χ0v) is 13.4. The van der Waals surface area contributed by atoms with E-state index >= 15 is 0 Å². The van der Waals surface area contributed by atoms with Crippen molar-refractivity contribution in [3.63, 3.8) is 0 Å². The maximum absolute atomic E-state index is 12.1. The number of benzene rings is 1. The van der Waals surface area contributed by atoms with E-state index in [0.717, 1.165) is 30.7 Å². The highest BCUT2D eigenvalue weighted by Crippen LogP contribution is 2.39. The Morgan fingerprint density at radius 3 is 2.75 bits per heavy atom. The van der Waals surface area contributed by atoms with Crippen molar-refractivity contribution < 1.29 is 9.53 Å². The normalized spacial score (nSPS) is 26.2. The van der Waals surface area contributed by atoms with E-state index in [1.807, 2.05) is 43.1 Å². The molecule has 0 heterocycles. The summed E-state index contributed by atoms with van der Waals surface area (Å²) in [5.74, 6) is -0.151. The molecule has 1 fully saturated rings. The number of ether oxygens (including phenoxy) is 1. The van der Waals surface area contributed by atoms with Gasteiger partial charge in [-0.05, 0) is 57.0 Å². The molecule has 1 saturated carbocycles. The summed E-state index contributed by atoms with van der Waals surface area (Å²) >= 11 is 7.71. The van der Waals surface area contributed by atoms with Gasteiger partial charge in [0.15, 0.2) is 0 Å². The molecule has 0 aliphatic heterocycles. The number of methoxy groups -OCH3 is 1. The number of hydrogen-bond acceptors (Lipinski definition) is 4. The smallest absolute Gasteiger partial charge is 0.326 e. The number of hydrogen-bond donors (Lipinski definition) is 1. The van der Waals surface area contributed by atoms with Crippen molar-refractivity contribution in [2.24, 2.45) is 0 Å². The first-order chi connectivity index (χ1) is 9.59. The van der Waals surface area contributed by atoms with Crippen molar-refractivity contribution >= 4 is 29.3 Å². The van der Waals surface area contributed by atoms with Gasteiger partial charge in [0.05, 0.1) is 7.11 Å². The van der Waals surface area contributed by atoms with Crippen molar-refractivity contribution in [3.05, 3.63) is 29.3 Å². The van der Waals surface area contributed by atoms with Gasteiger partial charge in [0.2, 0.25) is 0 Å². The molecular weight excluding hydrogens is 294 g/mol. The Morgan fingerprint density at radius 1 is 1.45 bits per heavy atom. The second kappa shape index (κ2) is 6.83. The Labute approximate surface area is 129 Å². The van der Waals surface area contributed by atoms with Crippen molar-refractivity contribution in [1.82, 2.24) is 5.32 Å². The molecule has 1 aromatic rings. The van der Waals surface area contributed by atoms with Crippen LogP contribution in [0.5, 0.6) is 0 Å². The first-order valence-electron chi connectivity index (χ1n) is 6.79. The lowest BCUT2D eigenvalue weighted by Gasteiger charge is -2.38. The molecule has 0 aromatic heterocycles. The number of halogens is 1. The van der Waals surface area contributed by atoms with E-state index in [2.05, 4.69) is 5.32 Å². The molecule has 1 N–H and O–H groups in total. The molecule has 0 saturated heterocycles. The van der Waals surface area contributed by atoms with E-state index in [4.69, 9.17) is 16.3 Å². The van der Waals surface area contributed by atoms with E-state index in [0.29, 0.717) is 5.25 Å². The van der Waals surface area contributed by atoms with Gasteiger partial charge in [-0.2, -0.15) is 0 Å². The van der Waals surface area contributed by atoms with E-state index < -0.39 is 5.54 Å². The highest BCUT2D eigenvalue weighted by Gasteiger charge is 2.42. The number of carbonyl (C=O) groups is 1. The number of thioether (sulfide) groups is 1. The van der Waals surface area contributed by atoms with Gasteiger partial charge >= 0.3 is 5.97 Å². The third-order valence-electron chi connectivity index (χ3n) is 3.88. The quantitative estimate of drug-likeness (QED) is 0.863. The van der Waals surface area contributed by atoms with Crippen molar-refractivity contribution in [1.29, 1.82) is 0 Å². The van der Waals surface area contributed by atoms with E-state index in [-0.39, 0.29) is 5.97 Å². The summed E-state index contributed by atoms with van der Waals surface area (Å²) in [6.45, 7) is 0. The van der Waals surface area contributed by atoms with E-state index in [1.165, 1.54) is 12.0 Å². The Kier molecular flexibility index (Phi) is 5.35. The van der Waals surface area contributed by atoms with Gasteiger partial charge in [-0.15, -0.1) is 11.8 Å². The molecule has 0 amide bonds. The van der Waals surface area contributed by atoms with Crippen LogP contribution in [0.3, 0.4) is 0 Å². The van der Waals surface area contributed by atoms with Crippen LogP contribution < -0.4 is 5.32 Å². The van der Waals surface area contributed by atoms with Gasteiger partial charge in [-0.3, -0.25) is 4.79 Å². The number of likely N-dealkylation sites (N-methyl/N-ethyl adjacent to an activating group) is 1. The van der Waals surface area contributed by atoms with Gasteiger partial charge in [-0.1, -0.05) is 11.6 Å². The first-order valence-corrected chi connectivity index (χ1v) is 8.05. The second-order valence-electron chi connectivity index (χ2n) is 5.11. The Morgan fingerprint density at radius 2 is 2.15 bits per heavy atom. The highest BCUT2D eigenvalue weighted by molar-refractivity contribution is 8.00. The van der Waals surface area contributed by atoms with Gasteiger partial charge in [0, 0.05) is 15.2 Å². The molecule has 2 unspecified atom stereocenters. The fourth-order valence-electron chi connectivity index (χ4n) is 2.74. The molecule has 110 valence electrons. The third-order valence-corrected chi connectivity index (χ3v) is 5.41. The summed E-state index contributed by atoms with van der Waals surface area (Å²) in [5.41, 5.74) is -0.531. The monoisotopic (exact) mass is 313 g/mol. The van der Waals surface area contributed by atoms with Gasteiger partial charge in [0.1, 0.15) is 5.54 Å². The largest absolute Gasteiger partial charge is 0.468 e. The summed E-state index contributed by atoms with van der Waals surface area (Å²) in [6, 6.07) is 7.86. The topological polar surface area (TPSA) is 38.3 Å². The fraction of sp³-hybridized carbons (Fsp3) is 0.533. The van der Waals surface area contributed by atoms with Crippen molar-refractivity contribution in [3.8, 4) is 0 Å². The predicted octanol–water partition coefficient (Wildman–Crippen LogP) is 3.51. The van der Waals surface area contributed by atoms with Gasteiger partial charge < -0.3 is 10.1 Å². The third kappa shape index (κ3) is 3.48. The van der Waals surface area contributed by atoms with Crippen LogP contribution in [-0.2, 0) is 9.53 Å². The number of carbonyl (C=O) groups excluding carboxylic acids is 1. The fourth-order valence-corrected chi connectivity index (χ4v) is 4.20. The SMILES string of the molecule is CNC1(C(=O)OC)CCCC(Sc2ccc(Cl)cc2)C1. The predicted molar refractivity (Wildman–Crippen MR) is 83.4 cm³/mol. The molecule has 2 rings (SSSR count). The van der Waals surface area contributed by atoms with Crippen LogP contribution in [0.25, 0.3) is 0 Å². The average Bonchev–Trinajstić information content (AvgIpc) is 2.49. The molecule has 1 aromatic carbocycles. The van der Waals surface area contributed by atoms with Crippen LogP contribution in [0.4, 0.5) is 0 Å². The maximum atomic E-state index is 12.1. The van der Waals surface area contributed by atoms with Crippen molar-refractivity contribution in [2.45, 2.75) is 41.4 Å². The maximum Gasteiger partial charge on any atom is 0.326 e. The van der Waals surface area contributed by atoms with Gasteiger partial charge in [-0.25, -0.2) is 0 Å². The van der Waals surface area contributed by atoms with Crippen LogP contribution in [0.2, 0.25) is 5.02 Å². The number of nitrogens with one attached hydrogen (secondary N) is 1. The standard InChI is InChI=1S/C15H20ClNO2S/c1-17-15(14(18)19-2)9-3-4-13(10-15)20-12-7-5-11(16)6-8-12/h5-8,13,17H,3-4,9-10H2,1-2H3. The zero-order chi connectivity index (χ0) is 14.6. The minimum absolute atomic E-state index is 0.151. The minimum Gasteiger partial charge on any atom is -0.468 e. The lowest BCUT2D eigenvalue weighted by atomic mass is 9.81. The summed E-state index contributed by atoms with van der Waals surface area (Å²) < 4.78 is 4.97. The molecule has 0 bridgehead atoms. The molecular formula is C15H20ClNO2S. The van der Waals surface area contributed by atoms with E-state index in [9.17, 15) is 4.79 Å². The summed E-state index contributed by atoms with van der Waals surface area (Å²) in [6.07, 6.45) is 3.78. The Bertz CT molecular complexity index is 465. The summed E-state index contributed by atoms with van der Waals surface area (Å²) in [4.78, 5) is 13.2. The van der Waals surface area contributed by atoms with Crippen molar-refractivity contribution in [2.75, 3.05) is 14.2 Å². The molecule has 5 heteroatoms. The minimum atomic E-state index is -0.531. The summed E-state index contributed by atoms with van der Waals surface area (Å²) in [7, 11) is 3.30. The average molecular weight is 314 g/mol. The zero-order valence-electron chi connectivity index (χ0n) is 11.8. The molecule has 0 radical (unpaired) electrons. The number of rotatable bonds is 4. The Balaban J connectivity index is 2.06. The first kappa shape index (κ1) is 15.7. The van der Waals surface area contributed by atoms with E-state index in [1.54, 1.807) is 0 Å². The molecule has 1 aliphatic carbocycles. The highest BCUT2D eigenvalue weighted by atomic mass is 35.5. The molecule has 2 atom stereocenters. The van der Waals surface area contributed by atoms with Crippen LogP contribution in [0, 0.1) is 0 Å². The molecule has 20 heavy (non-hydrogen) atoms. The summed E-state index contributed by atoms with van der Waals surface area (Å²) in [5, 5.41) is 4.34. The molecule has 0 spiro atoms.